The maximum absolute atomic E-state index is 12.4. The Morgan fingerprint density at radius 2 is 1.94 bits per heavy atom. The number of alkyl halides is 3. The minimum Gasteiger partial charge on any atom is -0.389 e. The van der Waals surface area contributed by atoms with Crippen molar-refractivity contribution in [3.8, 4) is 0 Å². The van der Waals surface area contributed by atoms with E-state index in [9.17, 15) is 18.3 Å². The summed E-state index contributed by atoms with van der Waals surface area (Å²) in [7, 11) is 0. The highest BCUT2D eigenvalue weighted by molar-refractivity contribution is 5.45. The van der Waals surface area contributed by atoms with Crippen LogP contribution in [0, 0.1) is 0 Å². The van der Waals surface area contributed by atoms with Crippen LogP contribution in [0.4, 0.5) is 24.8 Å². The molecule has 0 unspecified atom stereocenters. The van der Waals surface area contributed by atoms with Gasteiger partial charge in [0.05, 0.1) is 5.60 Å². The zero-order chi connectivity index (χ0) is 13.3. The minimum absolute atomic E-state index is 0.0424. The minimum atomic E-state index is -4.65. The van der Waals surface area contributed by atoms with Crippen LogP contribution in [0.5, 0.6) is 0 Å². The lowest BCUT2D eigenvalue weighted by Gasteiger charge is -2.18. The molecule has 1 heterocycles. The van der Waals surface area contributed by atoms with Crippen molar-refractivity contribution in [2.24, 2.45) is 0 Å². The molecule has 1 aromatic rings. The lowest BCUT2D eigenvalue weighted by Crippen LogP contribution is -2.30. The molecular formula is C9H13F3N4O. The maximum atomic E-state index is 12.4. The highest BCUT2D eigenvalue weighted by Gasteiger charge is 2.35. The third-order valence-electron chi connectivity index (χ3n) is 1.70. The quantitative estimate of drug-likeness (QED) is 0.752. The van der Waals surface area contributed by atoms with Crippen molar-refractivity contribution >= 4 is 11.6 Å². The number of nitrogens with zero attached hydrogens (tertiary/aromatic N) is 2. The second-order valence-corrected chi connectivity index (χ2v) is 4.17. The fourth-order valence-electron chi connectivity index (χ4n) is 0.990. The van der Waals surface area contributed by atoms with Gasteiger partial charge in [0.15, 0.2) is 0 Å². The molecule has 0 aliphatic rings. The van der Waals surface area contributed by atoms with Crippen LogP contribution in [0.15, 0.2) is 6.07 Å². The van der Waals surface area contributed by atoms with Crippen molar-refractivity contribution in [3.63, 3.8) is 0 Å². The summed E-state index contributed by atoms with van der Waals surface area (Å²) in [6.07, 6.45) is -4.65. The Morgan fingerprint density at radius 1 is 1.35 bits per heavy atom. The third-order valence-corrected chi connectivity index (χ3v) is 1.70. The molecular weight excluding hydrogens is 237 g/mol. The van der Waals surface area contributed by atoms with Crippen molar-refractivity contribution in [1.29, 1.82) is 0 Å². The van der Waals surface area contributed by atoms with E-state index in [1.807, 2.05) is 0 Å². The molecule has 96 valence electrons. The van der Waals surface area contributed by atoms with Gasteiger partial charge in [0, 0.05) is 12.6 Å². The number of aliphatic hydroxyl groups is 1. The van der Waals surface area contributed by atoms with E-state index < -0.39 is 17.6 Å². The molecule has 17 heavy (non-hydrogen) atoms. The summed E-state index contributed by atoms with van der Waals surface area (Å²) in [6.45, 7) is 3.06. The van der Waals surface area contributed by atoms with Gasteiger partial charge in [-0.25, -0.2) is 9.97 Å². The van der Waals surface area contributed by atoms with Crippen LogP contribution in [0.2, 0.25) is 0 Å². The standard InChI is InChI=1S/C9H13F3N4O/c1-8(2,17)4-14-6-3-5(13)15-7(16-6)9(10,11)12/h3,17H,4H2,1-2H3,(H3,13,14,15,16). The molecule has 0 saturated heterocycles. The fraction of sp³-hybridized carbons (Fsp3) is 0.556. The van der Waals surface area contributed by atoms with Crippen LogP contribution in [0.3, 0.4) is 0 Å². The molecule has 0 atom stereocenters. The van der Waals surface area contributed by atoms with Crippen LogP contribution in [-0.4, -0.2) is 27.2 Å². The van der Waals surface area contributed by atoms with Gasteiger partial charge in [0.2, 0.25) is 5.82 Å². The molecule has 0 amide bonds. The summed E-state index contributed by atoms with van der Waals surface area (Å²) in [5.74, 6) is -1.67. The van der Waals surface area contributed by atoms with Gasteiger partial charge >= 0.3 is 6.18 Å². The normalized spacial score (nSPS) is 12.6. The van der Waals surface area contributed by atoms with Crippen LogP contribution in [0.1, 0.15) is 19.7 Å². The molecule has 0 aliphatic heterocycles. The van der Waals surface area contributed by atoms with E-state index in [1.165, 1.54) is 19.9 Å². The first kappa shape index (κ1) is 13.5. The predicted molar refractivity (Wildman–Crippen MR) is 56.2 cm³/mol. The Kier molecular flexibility index (Phi) is 3.46. The number of nitrogens with one attached hydrogen (secondary N) is 1. The number of hydrogen-bond acceptors (Lipinski definition) is 5. The highest BCUT2D eigenvalue weighted by atomic mass is 19.4. The van der Waals surface area contributed by atoms with E-state index in [0.717, 1.165) is 0 Å². The molecule has 0 radical (unpaired) electrons. The largest absolute Gasteiger partial charge is 0.451 e. The first-order chi connectivity index (χ1) is 7.58. The number of halogens is 3. The van der Waals surface area contributed by atoms with Gasteiger partial charge in [0.1, 0.15) is 11.6 Å². The molecule has 0 bridgehead atoms. The van der Waals surface area contributed by atoms with Gasteiger partial charge < -0.3 is 16.2 Å². The lowest BCUT2D eigenvalue weighted by atomic mass is 10.1. The number of nitrogen functional groups attached to an aromatic ring is 1. The molecule has 1 rings (SSSR count). The zero-order valence-electron chi connectivity index (χ0n) is 9.34. The molecule has 0 spiro atoms. The monoisotopic (exact) mass is 250 g/mol. The number of rotatable bonds is 3. The smallest absolute Gasteiger partial charge is 0.389 e. The Hall–Kier alpha value is -1.57. The van der Waals surface area contributed by atoms with Crippen LogP contribution >= 0.6 is 0 Å². The van der Waals surface area contributed by atoms with E-state index in [1.54, 1.807) is 0 Å². The molecule has 8 heteroatoms. The van der Waals surface area contributed by atoms with Gasteiger partial charge in [-0.15, -0.1) is 0 Å². The number of nitrogens with two attached hydrogens (primary N) is 1. The van der Waals surface area contributed by atoms with Gasteiger partial charge in [-0.3, -0.25) is 0 Å². The average molecular weight is 250 g/mol. The number of aromatic nitrogens is 2. The topological polar surface area (TPSA) is 84.1 Å². The van der Waals surface area contributed by atoms with Crippen LogP contribution < -0.4 is 11.1 Å². The molecule has 0 aliphatic carbocycles. The first-order valence-corrected chi connectivity index (χ1v) is 4.76. The summed E-state index contributed by atoms with van der Waals surface area (Å²) in [6, 6.07) is 1.17. The average Bonchev–Trinajstić information content (AvgIpc) is 2.11. The second-order valence-electron chi connectivity index (χ2n) is 4.17. The highest BCUT2D eigenvalue weighted by Crippen LogP contribution is 2.27. The van der Waals surface area contributed by atoms with Crippen LogP contribution in [-0.2, 0) is 6.18 Å². The maximum Gasteiger partial charge on any atom is 0.451 e. The Bertz CT molecular complexity index is 400. The molecule has 1 aromatic heterocycles. The number of anilines is 2. The molecule has 4 N–H and O–H groups in total. The first-order valence-electron chi connectivity index (χ1n) is 4.76. The summed E-state index contributed by atoms with van der Waals surface area (Å²) in [5, 5.41) is 12.0. The molecule has 5 nitrogen and oxygen atoms in total. The Labute approximate surface area is 95.9 Å². The summed E-state index contributed by atoms with van der Waals surface area (Å²) < 4.78 is 37.1. The lowest BCUT2D eigenvalue weighted by molar-refractivity contribution is -0.144. The molecule has 0 saturated carbocycles. The Morgan fingerprint density at radius 3 is 2.41 bits per heavy atom. The van der Waals surface area contributed by atoms with Crippen molar-refractivity contribution < 1.29 is 18.3 Å². The Balaban J connectivity index is 2.91. The van der Waals surface area contributed by atoms with Crippen molar-refractivity contribution in [2.75, 3.05) is 17.6 Å². The van der Waals surface area contributed by atoms with E-state index in [4.69, 9.17) is 5.73 Å². The van der Waals surface area contributed by atoms with Gasteiger partial charge in [-0.2, -0.15) is 13.2 Å². The van der Waals surface area contributed by atoms with E-state index in [2.05, 4.69) is 15.3 Å². The van der Waals surface area contributed by atoms with Crippen LogP contribution in [0.25, 0.3) is 0 Å². The zero-order valence-corrected chi connectivity index (χ0v) is 9.34. The predicted octanol–water partition coefficient (Wildman–Crippen LogP) is 1.26. The second kappa shape index (κ2) is 4.36. The van der Waals surface area contributed by atoms with Crippen molar-refractivity contribution in [3.05, 3.63) is 11.9 Å². The summed E-state index contributed by atoms with van der Waals surface area (Å²) in [5.41, 5.74) is 4.17. The van der Waals surface area contributed by atoms with Gasteiger partial charge in [-0.05, 0) is 13.8 Å². The summed E-state index contributed by atoms with van der Waals surface area (Å²) >= 11 is 0. The van der Waals surface area contributed by atoms with Crippen molar-refractivity contribution in [1.82, 2.24) is 9.97 Å². The SMILES string of the molecule is CC(C)(O)CNc1cc(N)nc(C(F)(F)F)n1. The van der Waals surface area contributed by atoms with Gasteiger partial charge in [0.25, 0.3) is 0 Å². The fourth-order valence-corrected chi connectivity index (χ4v) is 0.990. The van der Waals surface area contributed by atoms with Crippen molar-refractivity contribution in [2.45, 2.75) is 25.6 Å². The van der Waals surface area contributed by atoms with E-state index in [0.29, 0.717) is 0 Å². The third kappa shape index (κ3) is 4.43. The molecule has 0 fully saturated rings. The van der Waals surface area contributed by atoms with E-state index in [-0.39, 0.29) is 18.2 Å². The summed E-state index contributed by atoms with van der Waals surface area (Å²) in [4.78, 5) is 6.36. The number of hydrogen-bond donors (Lipinski definition) is 3. The molecule has 0 aromatic carbocycles. The van der Waals surface area contributed by atoms with Gasteiger partial charge in [-0.1, -0.05) is 0 Å². The van der Waals surface area contributed by atoms with E-state index >= 15 is 0 Å².